The van der Waals surface area contributed by atoms with Gasteiger partial charge in [-0.2, -0.15) is 0 Å². The summed E-state index contributed by atoms with van der Waals surface area (Å²) >= 11 is 0. The van der Waals surface area contributed by atoms with Crippen molar-refractivity contribution in [2.24, 2.45) is 5.73 Å². The SMILES string of the molecule is CC/C=C\C/C=C\C/C=C\C/C=C\C/C=C\CCCCCCCCOCC(COP(=O)(O)OCCN)OC(=O)CCCC/C=C\C/C=C\C/C=C\C/C=C\CC. The Hall–Kier alpha value is -2.84. The molecule has 318 valence electrons. The molecule has 3 N–H and O–H groups in total. The third-order valence-electron chi connectivity index (χ3n) is 8.19. The van der Waals surface area contributed by atoms with Crippen LogP contribution in [0.1, 0.15) is 142 Å². The van der Waals surface area contributed by atoms with E-state index in [-0.39, 0.29) is 38.8 Å². The van der Waals surface area contributed by atoms with Crippen LogP contribution in [0, 0.1) is 0 Å². The van der Waals surface area contributed by atoms with Crippen molar-refractivity contribution < 1.29 is 32.8 Å². The highest BCUT2D eigenvalue weighted by atomic mass is 31.2. The minimum absolute atomic E-state index is 0.0812. The summed E-state index contributed by atoms with van der Waals surface area (Å²) in [7, 11) is -4.30. The number of phosphoric acid groups is 1. The molecule has 0 heterocycles. The molecule has 0 fully saturated rings. The zero-order valence-electron chi connectivity index (χ0n) is 35.1. The Morgan fingerprint density at radius 3 is 1.41 bits per heavy atom. The summed E-state index contributed by atoms with van der Waals surface area (Å²) in [5, 5.41) is 0. The summed E-state index contributed by atoms with van der Waals surface area (Å²) in [5.74, 6) is -0.382. The topological polar surface area (TPSA) is 117 Å². The van der Waals surface area contributed by atoms with Crippen molar-refractivity contribution in [2.45, 2.75) is 148 Å². The normalized spacial score (nSPS) is 14.6. The van der Waals surface area contributed by atoms with Crippen LogP contribution in [-0.2, 0) is 27.9 Å². The van der Waals surface area contributed by atoms with Crippen LogP contribution < -0.4 is 5.73 Å². The lowest BCUT2D eigenvalue weighted by Crippen LogP contribution is -2.28. The summed E-state index contributed by atoms with van der Waals surface area (Å²) in [6, 6.07) is 0. The quantitative estimate of drug-likeness (QED) is 0.0273. The van der Waals surface area contributed by atoms with Crippen LogP contribution >= 0.6 is 7.82 Å². The second-order valence-corrected chi connectivity index (χ2v) is 14.9. The van der Waals surface area contributed by atoms with Crippen molar-refractivity contribution in [3.05, 3.63) is 109 Å². The van der Waals surface area contributed by atoms with Crippen molar-refractivity contribution in [3.63, 3.8) is 0 Å². The van der Waals surface area contributed by atoms with Crippen LogP contribution in [0.2, 0.25) is 0 Å². The van der Waals surface area contributed by atoms with Crippen LogP contribution in [0.5, 0.6) is 0 Å². The fourth-order valence-corrected chi connectivity index (χ4v) is 5.89. The van der Waals surface area contributed by atoms with Gasteiger partial charge in [-0.15, -0.1) is 0 Å². The monoisotopic (exact) mass is 800 g/mol. The minimum atomic E-state index is -4.30. The average Bonchev–Trinajstić information content (AvgIpc) is 3.19. The Bertz CT molecular complexity index is 1210. The predicted molar refractivity (Wildman–Crippen MR) is 237 cm³/mol. The highest BCUT2D eigenvalue weighted by Gasteiger charge is 2.25. The van der Waals surface area contributed by atoms with E-state index in [0.29, 0.717) is 13.0 Å². The standard InChI is InChI=1S/C47H78NO7P/c1-3-5-7-9-11-13-15-17-19-20-21-22-23-24-25-27-29-31-33-35-37-39-42-52-44-46(45-54-56(50,51)53-43-41-48)55-47(49)40-38-36-34-32-30-28-26-18-16-14-12-10-8-6-4-2/h5-8,11-14,17-19,21-22,24-26,30,32,46H,3-4,9-10,15-16,20,23,27-29,31,33-45,48H2,1-2H3,(H,50,51)/b7-5-,8-6-,13-11-,14-12-,19-17-,22-21-,25-24-,26-18-,32-30-. The largest absolute Gasteiger partial charge is 0.472 e. The number of hydrogen-bond acceptors (Lipinski definition) is 7. The van der Waals surface area contributed by atoms with Gasteiger partial charge in [-0.05, 0) is 96.3 Å². The second kappa shape index (κ2) is 43.3. The first-order valence-corrected chi connectivity index (χ1v) is 22.9. The van der Waals surface area contributed by atoms with Crippen LogP contribution in [0.4, 0.5) is 0 Å². The molecule has 0 amide bonds. The summed E-state index contributed by atoms with van der Waals surface area (Å²) in [6.45, 7) is 4.56. The first-order valence-electron chi connectivity index (χ1n) is 21.4. The van der Waals surface area contributed by atoms with Crippen LogP contribution in [0.3, 0.4) is 0 Å². The Kier molecular flexibility index (Phi) is 41.1. The fraction of sp³-hybridized carbons (Fsp3) is 0.596. The van der Waals surface area contributed by atoms with Crippen molar-refractivity contribution in [3.8, 4) is 0 Å². The molecule has 2 unspecified atom stereocenters. The maximum Gasteiger partial charge on any atom is 0.472 e. The van der Waals surface area contributed by atoms with E-state index in [1.165, 1.54) is 19.3 Å². The van der Waals surface area contributed by atoms with E-state index in [1.807, 2.05) is 0 Å². The Morgan fingerprint density at radius 1 is 0.536 bits per heavy atom. The minimum Gasteiger partial charge on any atom is -0.457 e. The molecule has 0 aliphatic rings. The first-order chi connectivity index (χ1) is 27.4. The van der Waals surface area contributed by atoms with Gasteiger partial charge in [0.2, 0.25) is 0 Å². The predicted octanol–water partition coefficient (Wildman–Crippen LogP) is 12.9. The molecule has 2 atom stereocenters. The van der Waals surface area contributed by atoms with Crippen molar-refractivity contribution >= 4 is 13.8 Å². The third-order valence-corrected chi connectivity index (χ3v) is 9.17. The number of esters is 1. The van der Waals surface area contributed by atoms with Gasteiger partial charge in [0, 0.05) is 19.6 Å². The number of rotatable bonds is 39. The van der Waals surface area contributed by atoms with Gasteiger partial charge in [0.05, 0.1) is 19.8 Å². The molecule has 0 bridgehead atoms. The highest BCUT2D eigenvalue weighted by molar-refractivity contribution is 7.47. The van der Waals surface area contributed by atoms with Gasteiger partial charge in [-0.3, -0.25) is 13.8 Å². The van der Waals surface area contributed by atoms with Crippen molar-refractivity contribution in [1.82, 2.24) is 0 Å². The molecule has 0 saturated heterocycles. The molecule has 9 heteroatoms. The summed E-state index contributed by atoms with van der Waals surface area (Å²) < 4.78 is 33.4. The molecule has 0 aromatic carbocycles. The molecule has 0 rings (SSSR count). The number of phosphoric ester groups is 1. The number of nitrogens with two attached hydrogens (primary N) is 1. The fourth-order valence-electron chi connectivity index (χ4n) is 5.13. The van der Waals surface area contributed by atoms with E-state index in [4.69, 9.17) is 24.3 Å². The molecule has 0 radical (unpaired) electrons. The second-order valence-electron chi connectivity index (χ2n) is 13.4. The number of carbonyl (C=O) groups is 1. The molecular weight excluding hydrogens is 721 g/mol. The van der Waals surface area contributed by atoms with E-state index < -0.39 is 13.9 Å². The molecule has 0 aromatic rings. The van der Waals surface area contributed by atoms with Gasteiger partial charge < -0.3 is 20.1 Å². The molecule has 8 nitrogen and oxygen atoms in total. The summed E-state index contributed by atoms with van der Waals surface area (Å²) in [6.07, 6.45) is 58.3. The number of hydrogen-bond donors (Lipinski definition) is 2. The summed E-state index contributed by atoms with van der Waals surface area (Å²) in [5.41, 5.74) is 5.36. The average molecular weight is 800 g/mol. The maximum atomic E-state index is 12.6. The number of carbonyl (C=O) groups excluding carboxylic acids is 1. The lowest BCUT2D eigenvalue weighted by Gasteiger charge is -2.20. The lowest BCUT2D eigenvalue weighted by atomic mass is 10.1. The van der Waals surface area contributed by atoms with Gasteiger partial charge in [-0.25, -0.2) is 4.57 Å². The lowest BCUT2D eigenvalue weighted by molar-refractivity contribution is -0.154. The zero-order chi connectivity index (χ0) is 40.9. The van der Waals surface area contributed by atoms with Gasteiger partial charge in [0.1, 0.15) is 6.10 Å². The molecule has 56 heavy (non-hydrogen) atoms. The molecule has 0 aromatic heterocycles. The van der Waals surface area contributed by atoms with E-state index in [0.717, 1.165) is 96.3 Å². The van der Waals surface area contributed by atoms with E-state index in [2.05, 4.69) is 123 Å². The van der Waals surface area contributed by atoms with Gasteiger partial charge in [-0.1, -0.05) is 149 Å². The van der Waals surface area contributed by atoms with Crippen molar-refractivity contribution in [2.75, 3.05) is 33.0 Å². The smallest absolute Gasteiger partial charge is 0.457 e. The van der Waals surface area contributed by atoms with Crippen LogP contribution in [0.25, 0.3) is 0 Å². The number of allylic oxidation sites excluding steroid dienone is 18. The summed E-state index contributed by atoms with van der Waals surface area (Å²) in [4.78, 5) is 22.4. The number of ether oxygens (including phenoxy) is 2. The first kappa shape index (κ1) is 53.2. The van der Waals surface area contributed by atoms with Crippen molar-refractivity contribution in [1.29, 1.82) is 0 Å². The van der Waals surface area contributed by atoms with E-state index in [1.54, 1.807) is 0 Å². The molecule has 0 aliphatic heterocycles. The molecule has 0 saturated carbocycles. The maximum absolute atomic E-state index is 12.6. The molecule has 0 aliphatic carbocycles. The van der Waals surface area contributed by atoms with E-state index >= 15 is 0 Å². The third kappa shape index (κ3) is 42.3. The molecule has 0 spiro atoms. The Balaban J connectivity index is 4.15. The van der Waals surface area contributed by atoms with Gasteiger partial charge >= 0.3 is 13.8 Å². The Labute approximate surface area is 342 Å². The van der Waals surface area contributed by atoms with Crippen LogP contribution in [-0.4, -0.2) is 49.9 Å². The number of unbranched alkanes of at least 4 members (excludes halogenated alkanes) is 8. The Morgan fingerprint density at radius 2 is 0.946 bits per heavy atom. The van der Waals surface area contributed by atoms with Crippen LogP contribution in [0.15, 0.2) is 109 Å². The molecular formula is C47H78NO7P. The van der Waals surface area contributed by atoms with Gasteiger partial charge in [0.25, 0.3) is 0 Å². The van der Waals surface area contributed by atoms with Gasteiger partial charge in [0.15, 0.2) is 0 Å². The zero-order valence-corrected chi connectivity index (χ0v) is 36.0. The van der Waals surface area contributed by atoms with E-state index in [9.17, 15) is 14.3 Å². The highest BCUT2D eigenvalue weighted by Crippen LogP contribution is 2.43.